The average molecular weight is 542 g/mol. The minimum absolute atomic E-state index is 0.155. The Kier molecular flexibility index (Phi) is 7.02. The van der Waals surface area contributed by atoms with Crippen LogP contribution in [0.25, 0.3) is 17.0 Å². The highest BCUT2D eigenvalue weighted by Crippen LogP contribution is 2.33. The van der Waals surface area contributed by atoms with E-state index >= 15 is 0 Å². The maximum atomic E-state index is 13.2. The van der Waals surface area contributed by atoms with Crippen molar-refractivity contribution in [3.63, 3.8) is 0 Å². The van der Waals surface area contributed by atoms with E-state index in [0.717, 1.165) is 29.0 Å². The maximum Gasteiger partial charge on any atom is 0.261 e. The summed E-state index contributed by atoms with van der Waals surface area (Å²) in [5.41, 5.74) is 4.94. The predicted octanol–water partition coefficient (Wildman–Crippen LogP) is 6.71. The number of amides is 1. The molecule has 1 aliphatic rings. The SMILES string of the molecule is COc1ccc2c(c1)C(=CC(=O)c1ccc(NC(=O)c3c(-c4ccccc4Cl)noc3C)cc1)NC(C)(C)C2. The number of halogens is 1. The van der Waals surface area contributed by atoms with Crippen LogP contribution in [0, 0.1) is 6.92 Å². The molecule has 0 unspecified atom stereocenters. The van der Waals surface area contributed by atoms with Crippen LogP contribution in [-0.4, -0.2) is 29.5 Å². The van der Waals surface area contributed by atoms with Crippen LogP contribution in [0.4, 0.5) is 5.69 Å². The number of carbonyl (C=O) groups is 2. The second-order valence-corrected chi connectivity index (χ2v) is 10.5. The first-order valence-electron chi connectivity index (χ1n) is 12.5. The number of hydrogen-bond acceptors (Lipinski definition) is 6. The van der Waals surface area contributed by atoms with Gasteiger partial charge in [0, 0.05) is 39.7 Å². The number of rotatable bonds is 6. The Hall–Kier alpha value is -4.36. The topological polar surface area (TPSA) is 93.5 Å². The smallest absolute Gasteiger partial charge is 0.261 e. The van der Waals surface area contributed by atoms with E-state index in [1.54, 1.807) is 62.6 Å². The monoisotopic (exact) mass is 541 g/mol. The number of anilines is 1. The maximum absolute atomic E-state index is 13.2. The molecule has 3 aromatic carbocycles. The van der Waals surface area contributed by atoms with Crippen molar-refractivity contribution in [1.82, 2.24) is 10.5 Å². The lowest BCUT2D eigenvalue weighted by atomic mass is 9.85. The molecule has 1 amide bonds. The van der Waals surface area contributed by atoms with Crippen molar-refractivity contribution in [1.29, 1.82) is 0 Å². The number of benzene rings is 3. The number of allylic oxidation sites excluding steroid dienone is 1. The van der Waals surface area contributed by atoms with Gasteiger partial charge in [0.1, 0.15) is 22.8 Å². The average Bonchev–Trinajstić information content (AvgIpc) is 3.29. The van der Waals surface area contributed by atoms with Crippen LogP contribution >= 0.6 is 11.6 Å². The van der Waals surface area contributed by atoms with Gasteiger partial charge >= 0.3 is 0 Å². The van der Waals surface area contributed by atoms with Gasteiger partial charge in [-0.1, -0.05) is 41.0 Å². The fourth-order valence-electron chi connectivity index (χ4n) is 4.76. The van der Waals surface area contributed by atoms with Crippen molar-refractivity contribution in [3.05, 3.63) is 106 Å². The second kappa shape index (κ2) is 10.4. The summed E-state index contributed by atoms with van der Waals surface area (Å²) < 4.78 is 10.7. The fourth-order valence-corrected chi connectivity index (χ4v) is 4.98. The third kappa shape index (κ3) is 5.45. The summed E-state index contributed by atoms with van der Waals surface area (Å²) in [6.07, 6.45) is 2.44. The van der Waals surface area contributed by atoms with E-state index in [0.29, 0.717) is 38.9 Å². The summed E-state index contributed by atoms with van der Waals surface area (Å²) in [4.78, 5) is 26.4. The molecule has 0 fully saturated rings. The molecule has 8 heteroatoms. The summed E-state index contributed by atoms with van der Waals surface area (Å²) in [5, 5.41) is 10.9. The number of nitrogens with zero attached hydrogens (tertiary/aromatic N) is 1. The summed E-state index contributed by atoms with van der Waals surface area (Å²) in [5.74, 6) is 0.567. The summed E-state index contributed by atoms with van der Waals surface area (Å²) >= 11 is 6.32. The first kappa shape index (κ1) is 26.3. The van der Waals surface area contributed by atoms with Crippen LogP contribution in [0.3, 0.4) is 0 Å². The number of hydrogen-bond donors (Lipinski definition) is 2. The molecule has 7 nitrogen and oxygen atoms in total. The molecule has 1 aromatic heterocycles. The van der Waals surface area contributed by atoms with Crippen molar-refractivity contribution >= 4 is 34.7 Å². The molecule has 0 saturated carbocycles. The Morgan fingerprint density at radius 1 is 1.08 bits per heavy atom. The molecule has 39 heavy (non-hydrogen) atoms. The molecule has 2 N–H and O–H groups in total. The van der Waals surface area contributed by atoms with E-state index in [4.69, 9.17) is 20.9 Å². The standard InChI is InChI=1S/C31H28ClN3O4/c1-18-28(29(35-39-18)23-7-5-6-8-25(23)32)30(37)33-21-12-9-19(10-13-21)27(36)16-26-24-15-22(38-4)14-11-20(24)17-31(2,3)34-26/h5-16,34H,17H2,1-4H3,(H,33,37). The second-order valence-electron chi connectivity index (χ2n) is 10.1. The number of methoxy groups -OCH3 is 1. The van der Waals surface area contributed by atoms with E-state index in [1.807, 2.05) is 24.3 Å². The molecule has 2 heterocycles. The van der Waals surface area contributed by atoms with Crippen molar-refractivity contribution in [2.75, 3.05) is 12.4 Å². The lowest BCUT2D eigenvalue weighted by molar-refractivity contribution is 0.102. The van der Waals surface area contributed by atoms with Crippen LogP contribution < -0.4 is 15.4 Å². The van der Waals surface area contributed by atoms with Crippen LogP contribution in [0.1, 0.15) is 51.5 Å². The molecule has 0 radical (unpaired) electrons. The van der Waals surface area contributed by atoms with Gasteiger partial charge < -0.3 is 19.9 Å². The van der Waals surface area contributed by atoms with E-state index in [9.17, 15) is 9.59 Å². The molecule has 4 aromatic rings. The predicted molar refractivity (Wildman–Crippen MR) is 152 cm³/mol. The number of aryl methyl sites for hydroxylation is 1. The molecule has 0 aliphatic carbocycles. The summed E-state index contributed by atoms with van der Waals surface area (Å²) in [6, 6.07) is 19.8. The summed E-state index contributed by atoms with van der Waals surface area (Å²) in [7, 11) is 1.62. The third-order valence-corrected chi connectivity index (χ3v) is 6.96. The Morgan fingerprint density at radius 3 is 2.54 bits per heavy atom. The normalized spacial score (nSPS) is 14.8. The lowest BCUT2D eigenvalue weighted by Gasteiger charge is -2.35. The Balaban J connectivity index is 1.37. The number of ether oxygens (including phenoxy) is 1. The molecule has 1 aliphatic heterocycles. The highest BCUT2D eigenvalue weighted by Gasteiger charge is 2.28. The molecule has 5 rings (SSSR count). The Bertz CT molecular complexity index is 1600. The molecular weight excluding hydrogens is 514 g/mol. The Labute approximate surface area is 231 Å². The number of nitrogens with one attached hydrogen (secondary N) is 2. The molecule has 0 saturated heterocycles. The van der Waals surface area contributed by atoms with Crippen molar-refractivity contribution in [3.8, 4) is 17.0 Å². The van der Waals surface area contributed by atoms with Gasteiger partial charge in [-0.25, -0.2) is 0 Å². The zero-order valence-corrected chi connectivity index (χ0v) is 22.8. The van der Waals surface area contributed by atoms with Gasteiger partial charge in [-0.2, -0.15) is 0 Å². The first-order valence-corrected chi connectivity index (χ1v) is 12.9. The van der Waals surface area contributed by atoms with Gasteiger partial charge in [0.15, 0.2) is 5.78 Å². The number of aromatic nitrogens is 1. The van der Waals surface area contributed by atoms with E-state index < -0.39 is 0 Å². The molecule has 0 bridgehead atoms. The quantitative estimate of drug-likeness (QED) is 0.208. The van der Waals surface area contributed by atoms with Gasteiger partial charge in [-0.3, -0.25) is 9.59 Å². The van der Waals surface area contributed by atoms with Crippen molar-refractivity contribution < 1.29 is 18.8 Å². The van der Waals surface area contributed by atoms with Gasteiger partial charge in [-0.15, -0.1) is 0 Å². The van der Waals surface area contributed by atoms with Crippen LogP contribution in [0.5, 0.6) is 5.75 Å². The minimum Gasteiger partial charge on any atom is -0.497 e. The van der Waals surface area contributed by atoms with Gasteiger partial charge in [0.2, 0.25) is 0 Å². The molecule has 0 spiro atoms. The zero-order valence-electron chi connectivity index (χ0n) is 22.1. The van der Waals surface area contributed by atoms with Crippen LogP contribution in [0.2, 0.25) is 5.02 Å². The minimum atomic E-state index is -0.385. The van der Waals surface area contributed by atoms with E-state index in [1.165, 1.54) is 0 Å². The largest absolute Gasteiger partial charge is 0.497 e. The van der Waals surface area contributed by atoms with Gasteiger partial charge in [0.25, 0.3) is 5.91 Å². The lowest BCUT2D eigenvalue weighted by Crippen LogP contribution is -2.43. The Morgan fingerprint density at radius 2 is 1.82 bits per heavy atom. The molecule has 0 atom stereocenters. The molecule has 198 valence electrons. The van der Waals surface area contributed by atoms with E-state index in [2.05, 4.69) is 29.6 Å². The highest BCUT2D eigenvalue weighted by molar-refractivity contribution is 6.33. The van der Waals surface area contributed by atoms with Gasteiger partial charge in [0.05, 0.1) is 12.1 Å². The molecular formula is C31H28ClN3O4. The van der Waals surface area contributed by atoms with Crippen LogP contribution in [0.15, 0.2) is 77.3 Å². The first-order chi connectivity index (χ1) is 18.6. The van der Waals surface area contributed by atoms with Crippen molar-refractivity contribution in [2.45, 2.75) is 32.7 Å². The zero-order chi connectivity index (χ0) is 27.7. The summed E-state index contributed by atoms with van der Waals surface area (Å²) in [6.45, 7) is 5.88. The highest BCUT2D eigenvalue weighted by atomic mass is 35.5. The fraction of sp³-hybridized carbons (Fsp3) is 0.194. The number of fused-ring (bicyclic) bond motifs is 1. The van der Waals surface area contributed by atoms with Crippen molar-refractivity contribution in [2.24, 2.45) is 0 Å². The third-order valence-electron chi connectivity index (χ3n) is 6.63. The van der Waals surface area contributed by atoms with Crippen LogP contribution in [-0.2, 0) is 6.42 Å². The van der Waals surface area contributed by atoms with E-state index in [-0.39, 0.29) is 17.2 Å². The number of carbonyl (C=O) groups excluding carboxylic acids is 2. The number of ketones is 1. The van der Waals surface area contributed by atoms with Gasteiger partial charge in [-0.05, 0) is 75.2 Å².